The molecule has 11 heteroatoms. The predicted molar refractivity (Wildman–Crippen MR) is 93.9 cm³/mol. The standard InChI is InChI=1S/C15H18N6O5/c1-3-4-5-26-14-11(21(23)24)6-10(7-12(14)25-2)8-16-19-15-18-13(22)9-17-20-15/h6-9H,3-5H2,1-2H3,(H2,18,19,20,22)/b16-8+. The van der Waals surface area contributed by atoms with Crippen molar-refractivity contribution in [1.82, 2.24) is 15.2 Å². The maximum atomic E-state index is 11.4. The Kier molecular flexibility index (Phi) is 6.60. The number of rotatable bonds is 9. The summed E-state index contributed by atoms with van der Waals surface area (Å²) < 4.78 is 10.7. The van der Waals surface area contributed by atoms with Crippen molar-refractivity contribution in [3.63, 3.8) is 0 Å². The van der Waals surface area contributed by atoms with E-state index in [0.717, 1.165) is 19.0 Å². The molecule has 26 heavy (non-hydrogen) atoms. The van der Waals surface area contributed by atoms with Crippen molar-refractivity contribution in [2.75, 3.05) is 19.1 Å². The van der Waals surface area contributed by atoms with E-state index in [1.807, 2.05) is 6.92 Å². The monoisotopic (exact) mass is 362 g/mol. The summed E-state index contributed by atoms with van der Waals surface area (Å²) in [5, 5.41) is 22.3. The molecule has 0 atom stereocenters. The van der Waals surface area contributed by atoms with Gasteiger partial charge in [0.05, 0.1) is 24.9 Å². The van der Waals surface area contributed by atoms with Gasteiger partial charge >= 0.3 is 5.69 Å². The Balaban J connectivity index is 2.25. The summed E-state index contributed by atoms with van der Waals surface area (Å²) in [6, 6.07) is 2.87. The summed E-state index contributed by atoms with van der Waals surface area (Å²) in [4.78, 5) is 24.3. The first-order valence-corrected chi connectivity index (χ1v) is 7.75. The molecule has 0 unspecified atom stereocenters. The van der Waals surface area contributed by atoms with Gasteiger partial charge in [0.1, 0.15) is 6.20 Å². The van der Waals surface area contributed by atoms with Crippen LogP contribution in [0, 0.1) is 10.1 Å². The molecule has 1 aromatic carbocycles. The lowest BCUT2D eigenvalue weighted by atomic mass is 10.2. The number of aromatic nitrogens is 3. The maximum Gasteiger partial charge on any atom is 0.315 e. The second kappa shape index (κ2) is 9.11. The highest BCUT2D eigenvalue weighted by molar-refractivity contribution is 5.83. The normalized spacial score (nSPS) is 10.7. The zero-order chi connectivity index (χ0) is 18.9. The van der Waals surface area contributed by atoms with Gasteiger partial charge in [-0.2, -0.15) is 5.10 Å². The van der Waals surface area contributed by atoms with Crippen LogP contribution >= 0.6 is 0 Å². The van der Waals surface area contributed by atoms with Crippen molar-refractivity contribution in [1.29, 1.82) is 0 Å². The zero-order valence-corrected chi connectivity index (χ0v) is 14.3. The lowest BCUT2D eigenvalue weighted by Gasteiger charge is -2.11. The molecule has 0 spiro atoms. The van der Waals surface area contributed by atoms with Crippen LogP contribution in [0.2, 0.25) is 0 Å². The Morgan fingerprint density at radius 3 is 2.92 bits per heavy atom. The fraction of sp³-hybridized carbons (Fsp3) is 0.333. The average molecular weight is 362 g/mol. The van der Waals surface area contributed by atoms with Gasteiger partial charge in [-0.25, -0.2) is 5.43 Å². The molecule has 0 aliphatic rings. The smallest absolute Gasteiger partial charge is 0.315 e. The van der Waals surface area contributed by atoms with E-state index in [-0.39, 0.29) is 23.1 Å². The summed E-state index contributed by atoms with van der Waals surface area (Å²) in [5.74, 6) is 0.341. The third-order valence-corrected chi connectivity index (χ3v) is 3.18. The maximum absolute atomic E-state index is 11.4. The van der Waals surface area contributed by atoms with E-state index in [9.17, 15) is 14.9 Å². The highest BCUT2D eigenvalue weighted by atomic mass is 16.6. The Morgan fingerprint density at radius 2 is 2.27 bits per heavy atom. The fourth-order valence-electron chi connectivity index (χ4n) is 1.96. The van der Waals surface area contributed by atoms with E-state index in [1.165, 1.54) is 19.4 Å². The summed E-state index contributed by atoms with van der Waals surface area (Å²) in [7, 11) is 1.40. The number of benzene rings is 1. The lowest BCUT2D eigenvalue weighted by molar-refractivity contribution is -0.386. The number of hydrogen-bond acceptors (Lipinski definition) is 9. The number of nitrogens with zero attached hydrogens (tertiary/aromatic N) is 4. The minimum absolute atomic E-state index is 0.0368. The zero-order valence-electron chi connectivity index (χ0n) is 14.3. The first kappa shape index (κ1) is 18.8. The van der Waals surface area contributed by atoms with Gasteiger partial charge < -0.3 is 9.47 Å². The molecule has 0 saturated carbocycles. The molecule has 0 saturated heterocycles. The number of ether oxygens (including phenoxy) is 2. The SMILES string of the molecule is CCCCOc1c(OC)cc(/C=N/Nc2nncc(=O)[nH]2)cc1[N+](=O)[O-]. The van der Waals surface area contributed by atoms with E-state index < -0.39 is 10.5 Å². The van der Waals surface area contributed by atoms with E-state index in [2.05, 4.69) is 25.7 Å². The van der Waals surface area contributed by atoms with Gasteiger partial charge in [0.2, 0.25) is 11.7 Å². The van der Waals surface area contributed by atoms with Crippen LogP contribution in [0.15, 0.2) is 28.2 Å². The number of unbranched alkanes of at least 4 members (excludes halogenated alkanes) is 1. The number of nitro benzene ring substituents is 1. The third-order valence-electron chi connectivity index (χ3n) is 3.18. The van der Waals surface area contributed by atoms with Crippen LogP contribution in [0.5, 0.6) is 11.5 Å². The van der Waals surface area contributed by atoms with Gasteiger partial charge in [0.15, 0.2) is 5.75 Å². The second-order valence-electron chi connectivity index (χ2n) is 5.08. The molecule has 2 aromatic rings. The van der Waals surface area contributed by atoms with Crippen LogP contribution in [0.4, 0.5) is 11.6 Å². The number of nitro groups is 1. The van der Waals surface area contributed by atoms with Crippen molar-refractivity contribution >= 4 is 17.9 Å². The first-order chi connectivity index (χ1) is 12.5. The van der Waals surface area contributed by atoms with E-state index in [0.29, 0.717) is 12.2 Å². The molecule has 0 radical (unpaired) electrons. The fourth-order valence-corrected chi connectivity index (χ4v) is 1.96. The van der Waals surface area contributed by atoms with Crippen LogP contribution in [0.3, 0.4) is 0 Å². The largest absolute Gasteiger partial charge is 0.493 e. The molecule has 0 aliphatic carbocycles. The molecule has 1 heterocycles. The topological polar surface area (TPSA) is 145 Å². The van der Waals surface area contributed by atoms with Gasteiger partial charge in [-0.05, 0) is 12.5 Å². The second-order valence-corrected chi connectivity index (χ2v) is 5.08. The summed E-state index contributed by atoms with van der Waals surface area (Å²) >= 11 is 0. The van der Waals surface area contributed by atoms with Gasteiger partial charge in [-0.15, -0.1) is 10.2 Å². The Labute approximate surface area is 148 Å². The number of hydrazone groups is 1. The van der Waals surface area contributed by atoms with Crippen LogP contribution in [-0.4, -0.2) is 40.0 Å². The summed E-state index contributed by atoms with van der Waals surface area (Å²) in [5.41, 5.74) is 2.21. The molecule has 0 amide bonds. The molecule has 0 aliphatic heterocycles. The van der Waals surface area contributed by atoms with Crippen molar-refractivity contribution < 1.29 is 14.4 Å². The molecule has 0 fully saturated rings. The summed E-state index contributed by atoms with van der Waals surface area (Å²) in [6.45, 7) is 2.34. The molecule has 138 valence electrons. The minimum atomic E-state index is -0.547. The minimum Gasteiger partial charge on any atom is -0.493 e. The van der Waals surface area contributed by atoms with Crippen molar-refractivity contribution in [3.05, 3.63) is 44.4 Å². The van der Waals surface area contributed by atoms with E-state index in [4.69, 9.17) is 9.47 Å². The van der Waals surface area contributed by atoms with Gasteiger partial charge in [0.25, 0.3) is 5.56 Å². The Morgan fingerprint density at radius 1 is 1.46 bits per heavy atom. The number of aromatic amines is 1. The predicted octanol–water partition coefficient (Wildman–Crippen LogP) is 1.71. The molecule has 0 bridgehead atoms. The molecule has 11 nitrogen and oxygen atoms in total. The number of methoxy groups -OCH3 is 1. The highest BCUT2D eigenvalue weighted by Gasteiger charge is 2.22. The molecular formula is C15H18N6O5. The average Bonchev–Trinajstić information content (AvgIpc) is 2.62. The number of nitrogens with one attached hydrogen (secondary N) is 2. The van der Waals surface area contributed by atoms with Crippen molar-refractivity contribution in [2.45, 2.75) is 19.8 Å². The van der Waals surface area contributed by atoms with Crippen LogP contribution in [-0.2, 0) is 0 Å². The van der Waals surface area contributed by atoms with Gasteiger partial charge in [-0.3, -0.25) is 19.9 Å². The number of H-pyrrole nitrogens is 1. The van der Waals surface area contributed by atoms with Crippen molar-refractivity contribution in [2.24, 2.45) is 5.10 Å². The van der Waals surface area contributed by atoms with Crippen molar-refractivity contribution in [3.8, 4) is 11.5 Å². The molecule has 1 aromatic heterocycles. The van der Waals surface area contributed by atoms with Crippen LogP contribution < -0.4 is 20.5 Å². The molecule has 2 rings (SSSR count). The van der Waals surface area contributed by atoms with Gasteiger partial charge in [-0.1, -0.05) is 13.3 Å². The lowest BCUT2D eigenvalue weighted by Crippen LogP contribution is -2.10. The Bertz CT molecular complexity index is 851. The highest BCUT2D eigenvalue weighted by Crippen LogP contribution is 2.38. The summed E-state index contributed by atoms with van der Waals surface area (Å²) in [6.07, 6.45) is 4.00. The molecular weight excluding hydrogens is 344 g/mol. The van der Waals surface area contributed by atoms with Crippen LogP contribution in [0.25, 0.3) is 0 Å². The molecule has 2 N–H and O–H groups in total. The third kappa shape index (κ3) is 5.00. The number of anilines is 1. The Hall–Kier alpha value is -3.50. The van der Waals surface area contributed by atoms with E-state index in [1.54, 1.807) is 6.07 Å². The van der Waals surface area contributed by atoms with Crippen LogP contribution in [0.1, 0.15) is 25.3 Å². The quantitative estimate of drug-likeness (QED) is 0.297. The number of hydrogen-bond donors (Lipinski definition) is 2. The van der Waals surface area contributed by atoms with Gasteiger partial charge in [0, 0.05) is 11.6 Å². The first-order valence-electron chi connectivity index (χ1n) is 7.75. The van der Waals surface area contributed by atoms with E-state index >= 15 is 0 Å².